The highest BCUT2D eigenvalue weighted by molar-refractivity contribution is 7.89. The normalized spacial score (nSPS) is 16.7. The monoisotopic (exact) mass is 374 g/mol. The minimum absolute atomic E-state index is 0.0732. The molecule has 1 heterocycles. The summed E-state index contributed by atoms with van der Waals surface area (Å²) in [7, 11) is -3.71. The van der Waals surface area contributed by atoms with Crippen LogP contribution in [0.5, 0.6) is 0 Å². The number of nitrogens with zero attached hydrogens (tertiary/aromatic N) is 1. The molecule has 2 aromatic carbocycles. The summed E-state index contributed by atoms with van der Waals surface area (Å²) in [6.07, 6.45) is 0.0891. The minimum Gasteiger partial charge on any atom is -0.408 e. The van der Waals surface area contributed by atoms with Gasteiger partial charge in [-0.2, -0.15) is 0 Å². The van der Waals surface area contributed by atoms with Crippen molar-refractivity contribution in [3.05, 3.63) is 53.6 Å². The fraction of sp³-hybridized carbons (Fsp3) is 0.222. The second-order valence-electron chi connectivity index (χ2n) is 6.02. The van der Waals surface area contributed by atoms with Crippen LogP contribution < -0.4 is 5.14 Å². The standard InChI is InChI=1S/C18H18N2O5S/c1-11-9-14(13-3-6-15(7-4-13)26(19,22)23)5-8-16(11)17-10-18(20-25-17)24-12(2)21/h3-9,17H,10H2,1-2H3,(H2,19,22,23). The Bertz CT molecular complexity index is 981. The highest BCUT2D eigenvalue weighted by Crippen LogP contribution is 2.32. The van der Waals surface area contributed by atoms with Gasteiger partial charge in [-0.15, -0.1) is 0 Å². The van der Waals surface area contributed by atoms with Crippen LogP contribution in [0.2, 0.25) is 0 Å². The van der Waals surface area contributed by atoms with E-state index < -0.39 is 16.0 Å². The van der Waals surface area contributed by atoms with E-state index in [4.69, 9.17) is 14.7 Å². The van der Waals surface area contributed by atoms with Gasteiger partial charge in [0.2, 0.25) is 15.9 Å². The van der Waals surface area contributed by atoms with E-state index in [9.17, 15) is 13.2 Å². The first-order valence-corrected chi connectivity index (χ1v) is 9.43. The van der Waals surface area contributed by atoms with Crippen LogP contribution >= 0.6 is 0 Å². The topological polar surface area (TPSA) is 108 Å². The lowest BCUT2D eigenvalue weighted by Crippen LogP contribution is -2.11. The number of hydrogen-bond acceptors (Lipinski definition) is 6. The molecule has 0 fully saturated rings. The first-order valence-electron chi connectivity index (χ1n) is 7.89. The molecule has 0 saturated heterocycles. The van der Waals surface area contributed by atoms with Gasteiger partial charge in [0.1, 0.15) is 0 Å². The second-order valence-corrected chi connectivity index (χ2v) is 7.58. The molecule has 1 atom stereocenters. The highest BCUT2D eigenvalue weighted by atomic mass is 32.2. The number of rotatable bonds is 3. The van der Waals surface area contributed by atoms with Crippen LogP contribution in [0.3, 0.4) is 0 Å². The van der Waals surface area contributed by atoms with Gasteiger partial charge in [-0.25, -0.2) is 13.6 Å². The van der Waals surface area contributed by atoms with E-state index in [1.54, 1.807) is 12.1 Å². The highest BCUT2D eigenvalue weighted by Gasteiger charge is 2.26. The quantitative estimate of drug-likeness (QED) is 0.831. The van der Waals surface area contributed by atoms with Crippen LogP contribution in [0.25, 0.3) is 11.1 Å². The molecule has 0 amide bonds. The Morgan fingerprint density at radius 2 is 1.85 bits per heavy atom. The first kappa shape index (κ1) is 18.1. The summed E-state index contributed by atoms with van der Waals surface area (Å²) in [5, 5.41) is 8.91. The number of primary sulfonamides is 1. The Kier molecular flexibility index (Phi) is 4.80. The number of aryl methyl sites for hydroxylation is 1. The lowest BCUT2D eigenvalue weighted by atomic mass is 9.96. The molecule has 0 aliphatic carbocycles. The number of esters is 1. The molecule has 136 valence electrons. The van der Waals surface area contributed by atoms with Gasteiger partial charge in [-0.05, 0) is 41.3 Å². The maximum Gasteiger partial charge on any atom is 0.309 e. The molecule has 0 saturated carbocycles. The van der Waals surface area contributed by atoms with Crippen molar-refractivity contribution in [2.75, 3.05) is 0 Å². The predicted octanol–water partition coefficient (Wildman–Crippen LogP) is 2.65. The zero-order valence-electron chi connectivity index (χ0n) is 14.3. The number of benzene rings is 2. The summed E-state index contributed by atoms with van der Waals surface area (Å²) in [6, 6.07) is 12.2. The summed E-state index contributed by atoms with van der Waals surface area (Å²) in [5.74, 6) is -0.160. The Hall–Kier alpha value is -2.71. The van der Waals surface area contributed by atoms with Gasteiger partial charge in [0.25, 0.3) is 0 Å². The molecule has 7 nitrogen and oxygen atoms in total. The third-order valence-corrected chi connectivity index (χ3v) is 4.97. The van der Waals surface area contributed by atoms with Gasteiger partial charge >= 0.3 is 5.97 Å². The summed E-state index contributed by atoms with van der Waals surface area (Å²) in [5.41, 5.74) is 3.74. The predicted molar refractivity (Wildman–Crippen MR) is 95.6 cm³/mol. The van der Waals surface area contributed by atoms with Crippen molar-refractivity contribution in [3.8, 4) is 11.1 Å². The molecule has 2 aromatic rings. The lowest BCUT2D eigenvalue weighted by Gasteiger charge is -2.13. The van der Waals surface area contributed by atoms with Crippen molar-refractivity contribution in [1.82, 2.24) is 0 Å². The average Bonchev–Trinajstić information content (AvgIpc) is 3.01. The summed E-state index contributed by atoms with van der Waals surface area (Å²) >= 11 is 0. The van der Waals surface area contributed by atoms with Crippen molar-refractivity contribution in [1.29, 1.82) is 0 Å². The molecule has 8 heteroatoms. The number of hydrogen-bond donors (Lipinski definition) is 1. The number of sulfonamides is 1. The van der Waals surface area contributed by atoms with E-state index in [0.717, 1.165) is 22.3 Å². The second kappa shape index (κ2) is 6.89. The average molecular weight is 374 g/mol. The summed E-state index contributed by atoms with van der Waals surface area (Å²) < 4.78 is 27.6. The van der Waals surface area contributed by atoms with Crippen molar-refractivity contribution >= 4 is 21.9 Å². The molecule has 0 spiro atoms. The zero-order chi connectivity index (χ0) is 18.9. The van der Waals surface area contributed by atoms with Crippen LogP contribution in [0.15, 0.2) is 52.5 Å². The van der Waals surface area contributed by atoms with Crippen LogP contribution in [0.1, 0.15) is 30.6 Å². The number of ether oxygens (including phenoxy) is 1. The van der Waals surface area contributed by atoms with Crippen LogP contribution in [-0.2, 0) is 24.4 Å². The van der Waals surface area contributed by atoms with Crippen LogP contribution in [0, 0.1) is 6.92 Å². The van der Waals surface area contributed by atoms with E-state index in [0.29, 0.717) is 6.42 Å². The summed E-state index contributed by atoms with van der Waals surface area (Å²) in [6.45, 7) is 3.27. The zero-order valence-corrected chi connectivity index (χ0v) is 15.1. The molecule has 2 N–H and O–H groups in total. The van der Waals surface area contributed by atoms with Crippen molar-refractivity contribution in [2.24, 2.45) is 10.3 Å². The molecule has 0 bridgehead atoms. The fourth-order valence-electron chi connectivity index (χ4n) is 2.80. The summed E-state index contributed by atoms with van der Waals surface area (Å²) in [4.78, 5) is 16.4. The number of carbonyl (C=O) groups is 1. The Balaban J connectivity index is 1.79. The maximum absolute atomic E-state index is 11.3. The number of nitrogens with two attached hydrogens (primary N) is 1. The van der Waals surface area contributed by atoms with Gasteiger partial charge < -0.3 is 9.57 Å². The van der Waals surface area contributed by atoms with Gasteiger partial charge in [-0.3, -0.25) is 4.79 Å². The molecule has 1 aliphatic rings. The molecule has 1 aliphatic heterocycles. The van der Waals surface area contributed by atoms with E-state index in [1.165, 1.54) is 19.1 Å². The van der Waals surface area contributed by atoms with Crippen LogP contribution in [0.4, 0.5) is 0 Å². The molecule has 26 heavy (non-hydrogen) atoms. The van der Waals surface area contributed by atoms with E-state index in [2.05, 4.69) is 5.16 Å². The third kappa shape index (κ3) is 3.92. The molecule has 1 unspecified atom stereocenters. The third-order valence-electron chi connectivity index (χ3n) is 4.04. The molecule has 0 radical (unpaired) electrons. The number of oxime groups is 1. The Labute approximate surface area is 151 Å². The molecule has 0 aromatic heterocycles. The largest absolute Gasteiger partial charge is 0.408 e. The van der Waals surface area contributed by atoms with Gasteiger partial charge in [0.05, 0.1) is 11.3 Å². The van der Waals surface area contributed by atoms with Gasteiger partial charge in [0, 0.05) is 6.92 Å². The first-order chi connectivity index (χ1) is 12.2. The van der Waals surface area contributed by atoms with Crippen molar-refractivity contribution in [3.63, 3.8) is 0 Å². The fourth-order valence-corrected chi connectivity index (χ4v) is 3.32. The maximum atomic E-state index is 11.3. The lowest BCUT2D eigenvalue weighted by molar-refractivity contribution is -0.133. The number of carbonyl (C=O) groups excluding carboxylic acids is 1. The van der Waals surface area contributed by atoms with E-state index in [1.807, 2.05) is 25.1 Å². The SMILES string of the molecule is CC(=O)OC1=NOC(c2ccc(-c3ccc(S(N)(=O)=O)cc3)cc2C)C1. The molecular formula is C18H18N2O5S. The van der Waals surface area contributed by atoms with Gasteiger partial charge in [0.15, 0.2) is 6.10 Å². The van der Waals surface area contributed by atoms with Crippen LogP contribution in [-0.4, -0.2) is 20.3 Å². The molecular weight excluding hydrogens is 356 g/mol. The van der Waals surface area contributed by atoms with Crippen molar-refractivity contribution < 1.29 is 22.8 Å². The Morgan fingerprint density at radius 3 is 2.42 bits per heavy atom. The van der Waals surface area contributed by atoms with E-state index >= 15 is 0 Å². The van der Waals surface area contributed by atoms with Crippen molar-refractivity contribution in [2.45, 2.75) is 31.3 Å². The van der Waals surface area contributed by atoms with E-state index in [-0.39, 0.29) is 16.9 Å². The smallest absolute Gasteiger partial charge is 0.309 e. The minimum atomic E-state index is -3.71. The van der Waals surface area contributed by atoms with Gasteiger partial charge in [-0.1, -0.05) is 35.5 Å². The Morgan fingerprint density at radius 1 is 1.19 bits per heavy atom. The molecule has 3 rings (SSSR count).